The molecule has 3 N–H and O–H groups in total. The third-order valence-corrected chi connectivity index (χ3v) is 4.96. The second kappa shape index (κ2) is 15.1. The van der Waals surface area contributed by atoms with Crippen LogP contribution < -0.4 is 10.1 Å². The number of hydrogen-bond donors (Lipinski definition) is 3. The number of benzene rings is 1. The van der Waals surface area contributed by atoms with Crippen LogP contribution in [0.15, 0.2) is 35.5 Å². The lowest BCUT2D eigenvalue weighted by atomic mass is 10.1. The SMILES string of the molecule is CS/C(=C\[N+](=O)[O-])NCCCOc1cccc(CN2CCCCC2)c1.O=C(O)C(=O)O. The first-order valence-electron chi connectivity index (χ1n) is 9.85. The minimum atomic E-state index is -1.82. The van der Waals surface area contributed by atoms with Gasteiger partial charge in [0.1, 0.15) is 10.8 Å². The molecule has 0 atom stereocenters. The lowest BCUT2D eigenvalue weighted by molar-refractivity contribution is -0.403. The average Bonchev–Trinajstić information content (AvgIpc) is 2.73. The molecule has 1 heterocycles. The van der Waals surface area contributed by atoms with Gasteiger partial charge in [0.2, 0.25) is 0 Å². The molecule has 0 amide bonds. The van der Waals surface area contributed by atoms with E-state index in [1.54, 1.807) is 0 Å². The number of thioether (sulfide) groups is 1. The molecule has 1 aliphatic heterocycles. The van der Waals surface area contributed by atoms with Gasteiger partial charge in [-0.05, 0) is 56.3 Å². The second-order valence-corrected chi connectivity index (χ2v) is 7.55. The van der Waals surface area contributed by atoms with E-state index in [9.17, 15) is 10.1 Å². The third kappa shape index (κ3) is 12.5. The Labute approximate surface area is 185 Å². The van der Waals surface area contributed by atoms with E-state index in [4.69, 9.17) is 24.5 Å². The van der Waals surface area contributed by atoms with Crippen LogP contribution in [-0.2, 0) is 16.1 Å². The van der Waals surface area contributed by atoms with Crippen molar-refractivity contribution in [2.24, 2.45) is 0 Å². The van der Waals surface area contributed by atoms with Gasteiger partial charge in [0.25, 0.3) is 6.20 Å². The van der Waals surface area contributed by atoms with E-state index < -0.39 is 16.9 Å². The minimum Gasteiger partial charge on any atom is -0.494 e. The summed E-state index contributed by atoms with van der Waals surface area (Å²) >= 11 is 1.33. The lowest BCUT2D eigenvalue weighted by Gasteiger charge is -2.26. The van der Waals surface area contributed by atoms with E-state index in [1.807, 2.05) is 18.4 Å². The molecule has 31 heavy (non-hydrogen) atoms. The van der Waals surface area contributed by atoms with E-state index in [2.05, 4.69) is 22.3 Å². The van der Waals surface area contributed by atoms with Crippen molar-refractivity contribution >= 4 is 23.7 Å². The van der Waals surface area contributed by atoms with Crippen molar-refractivity contribution in [3.05, 3.63) is 51.2 Å². The highest BCUT2D eigenvalue weighted by Crippen LogP contribution is 2.17. The minimum absolute atomic E-state index is 0.441. The van der Waals surface area contributed by atoms with Crippen molar-refractivity contribution in [3.63, 3.8) is 0 Å². The largest absolute Gasteiger partial charge is 0.494 e. The molecule has 1 aliphatic rings. The van der Waals surface area contributed by atoms with E-state index in [-0.39, 0.29) is 0 Å². The molecular formula is C20H29N3O7S. The number of hydrogen-bond acceptors (Lipinski definition) is 8. The smallest absolute Gasteiger partial charge is 0.414 e. The maximum atomic E-state index is 10.5. The summed E-state index contributed by atoms with van der Waals surface area (Å²) in [7, 11) is 0. The van der Waals surface area contributed by atoms with Gasteiger partial charge in [-0.2, -0.15) is 0 Å². The number of carbonyl (C=O) groups is 2. The quantitative estimate of drug-likeness (QED) is 0.208. The molecule has 1 fully saturated rings. The van der Waals surface area contributed by atoms with E-state index >= 15 is 0 Å². The highest BCUT2D eigenvalue weighted by atomic mass is 32.2. The number of carboxylic acid groups (broad SMARTS) is 2. The number of nitrogens with zero attached hydrogens (tertiary/aromatic N) is 2. The molecule has 0 saturated carbocycles. The fourth-order valence-corrected chi connectivity index (χ4v) is 3.29. The lowest BCUT2D eigenvalue weighted by Crippen LogP contribution is -2.29. The van der Waals surface area contributed by atoms with Crippen molar-refractivity contribution in [1.29, 1.82) is 0 Å². The first kappa shape index (κ1) is 26.2. The molecule has 172 valence electrons. The first-order chi connectivity index (χ1) is 14.8. The van der Waals surface area contributed by atoms with Gasteiger partial charge >= 0.3 is 11.9 Å². The Hall–Kier alpha value is -2.79. The Morgan fingerprint density at radius 2 is 1.94 bits per heavy atom. The van der Waals surface area contributed by atoms with E-state index in [1.165, 1.54) is 49.7 Å². The normalized spacial score (nSPS) is 14.2. The van der Waals surface area contributed by atoms with E-state index in [0.29, 0.717) is 18.2 Å². The summed E-state index contributed by atoms with van der Waals surface area (Å²) in [6.45, 7) is 4.59. The van der Waals surface area contributed by atoms with Gasteiger partial charge in [-0.1, -0.05) is 18.6 Å². The van der Waals surface area contributed by atoms with Crippen LogP contribution in [0.1, 0.15) is 31.2 Å². The molecule has 1 aromatic rings. The summed E-state index contributed by atoms with van der Waals surface area (Å²) in [5.41, 5.74) is 1.29. The van der Waals surface area contributed by atoms with Crippen molar-refractivity contribution in [2.75, 3.05) is 32.5 Å². The highest BCUT2D eigenvalue weighted by Gasteiger charge is 2.10. The molecule has 1 aromatic carbocycles. The van der Waals surface area contributed by atoms with Crippen LogP contribution in [0.3, 0.4) is 0 Å². The van der Waals surface area contributed by atoms with Gasteiger partial charge < -0.3 is 20.3 Å². The third-order valence-electron chi connectivity index (χ3n) is 4.27. The second-order valence-electron chi connectivity index (χ2n) is 6.71. The van der Waals surface area contributed by atoms with Crippen LogP contribution in [0.5, 0.6) is 5.75 Å². The number of nitro groups is 1. The predicted octanol–water partition coefficient (Wildman–Crippen LogP) is 2.63. The number of rotatable bonds is 10. The number of ether oxygens (including phenoxy) is 1. The molecule has 10 nitrogen and oxygen atoms in total. The summed E-state index contributed by atoms with van der Waals surface area (Å²) in [4.78, 5) is 30.7. The molecule has 1 saturated heterocycles. The highest BCUT2D eigenvalue weighted by molar-refractivity contribution is 8.02. The van der Waals surface area contributed by atoms with Crippen LogP contribution >= 0.6 is 11.8 Å². The van der Waals surface area contributed by atoms with Gasteiger partial charge in [-0.15, -0.1) is 11.8 Å². The summed E-state index contributed by atoms with van der Waals surface area (Å²) in [6, 6.07) is 8.28. The molecular weight excluding hydrogens is 426 g/mol. The Kier molecular flexibility index (Phi) is 12.8. The number of nitrogens with one attached hydrogen (secondary N) is 1. The van der Waals surface area contributed by atoms with Crippen LogP contribution in [0.2, 0.25) is 0 Å². The number of aliphatic carboxylic acids is 2. The molecule has 2 rings (SSSR count). The van der Waals surface area contributed by atoms with Crippen molar-refractivity contribution < 1.29 is 29.5 Å². The number of likely N-dealkylation sites (tertiary alicyclic amines) is 1. The fourth-order valence-electron chi connectivity index (χ4n) is 2.85. The molecule has 0 spiro atoms. The molecule has 11 heteroatoms. The molecule has 0 aliphatic carbocycles. The Morgan fingerprint density at radius 1 is 1.26 bits per heavy atom. The molecule has 0 radical (unpaired) electrons. The number of piperidine rings is 1. The maximum absolute atomic E-state index is 10.5. The Morgan fingerprint density at radius 3 is 2.52 bits per heavy atom. The first-order valence-corrected chi connectivity index (χ1v) is 11.1. The van der Waals surface area contributed by atoms with Crippen LogP contribution in [0, 0.1) is 10.1 Å². The number of carboxylic acids is 2. The zero-order valence-corrected chi connectivity index (χ0v) is 18.3. The Bertz CT molecular complexity index is 740. The van der Waals surface area contributed by atoms with Crippen LogP contribution in [0.25, 0.3) is 0 Å². The van der Waals surface area contributed by atoms with Gasteiger partial charge in [-0.25, -0.2) is 9.59 Å². The molecule has 0 unspecified atom stereocenters. The van der Waals surface area contributed by atoms with Crippen molar-refractivity contribution in [3.8, 4) is 5.75 Å². The summed E-state index contributed by atoms with van der Waals surface area (Å²) in [5, 5.41) is 28.9. The topological polar surface area (TPSA) is 142 Å². The Balaban J connectivity index is 0.000000703. The average molecular weight is 456 g/mol. The summed E-state index contributed by atoms with van der Waals surface area (Å²) in [6.07, 6.45) is 7.54. The fraction of sp³-hybridized carbons (Fsp3) is 0.500. The summed E-state index contributed by atoms with van der Waals surface area (Å²) < 4.78 is 5.81. The van der Waals surface area contributed by atoms with Gasteiger partial charge in [0.05, 0.1) is 11.5 Å². The van der Waals surface area contributed by atoms with Crippen LogP contribution in [0.4, 0.5) is 0 Å². The standard InChI is InChI=1S/C18H27N3O3S.C2H2O4/c1-25-18(15-21(22)23)19-9-6-12-24-17-8-5-7-16(13-17)14-20-10-3-2-4-11-20;3-1(4)2(5)6/h5,7-8,13,15,19H,2-4,6,9-12,14H2,1H3;(H,3,4)(H,5,6)/b18-15-;. The van der Waals surface area contributed by atoms with Crippen molar-refractivity contribution in [1.82, 2.24) is 10.2 Å². The zero-order valence-electron chi connectivity index (χ0n) is 17.5. The predicted molar refractivity (Wildman–Crippen MR) is 118 cm³/mol. The maximum Gasteiger partial charge on any atom is 0.414 e. The molecule has 0 bridgehead atoms. The molecule has 0 aromatic heterocycles. The zero-order chi connectivity index (χ0) is 23.1. The monoisotopic (exact) mass is 455 g/mol. The van der Waals surface area contributed by atoms with Crippen molar-refractivity contribution in [2.45, 2.75) is 32.2 Å². The van der Waals surface area contributed by atoms with Crippen LogP contribution in [-0.4, -0.2) is 64.5 Å². The van der Waals surface area contributed by atoms with Gasteiger partial charge in [0, 0.05) is 13.1 Å². The van der Waals surface area contributed by atoms with Gasteiger partial charge in [0.15, 0.2) is 0 Å². The summed E-state index contributed by atoms with van der Waals surface area (Å²) in [5.74, 6) is -2.76. The van der Waals surface area contributed by atoms with E-state index in [0.717, 1.165) is 24.9 Å². The van der Waals surface area contributed by atoms with Gasteiger partial charge in [-0.3, -0.25) is 15.0 Å².